The SMILES string of the molecule is COC(=O)CCN(C)S(=O)(=O)N1C2CCNCC1CC2. The average Bonchev–Trinajstić information content (AvgIpc) is 2.69. The molecule has 0 aromatic rings. The first kappa shape index (κ1) is 15.7. The number of rotatable bonds is 5. The monoisotopic (exact) mass is 305 g/mol. The van der Waals surface area contributed by atoms with E-state index in [-0.39, 0.29) is 25.0 Å². The highest BCUT2D eigenvalue weighted by molar-refractivity contribution is 7.86. The van der Waals surface area contributed by atoms with Crippen LogP contribution >= 0.6 is 0 Å². The Morgan fingerprint density at radius 2 is 2.05 bits per heavy atom. The van der Waals surface area contributed by atoms with Crippen LogP contribution in [0.2, 0.25) is 0 Å². The van der Waals surface area contributed by atoms with Gasteiger partial charge in [-0.15, -0.1) is 0 Å². The fourth-order valence-corrected chi connectivity index (χ4v) is 4.73. The summed E-state index contributed by atoms with van der Waals surface area (Å²) >= 11 is 0. The Bertz CT molecular complexity index is 440. The van der Waals surface area contributed by atoms with E-state index in [9.17, 15) is 13.2 Å². The third-order valence-corrected chi connectivity index (χ3v) is 6.21. The molecule has 7 nitrogen and oxygen atoms in total. The summed E-state index contributed by atoms with van der Waals surface area (Å²) in [7, 11) is -0.679. The summed E-state index contributed by atoms with van der Waals surface area (Å²) in [6, 6.07) is 0.119. The fourth-order valence-electron chi connectivity index (χ4n) is 2.94. The van der Waals surface area contributed by atoms with E-state index in [0.717, 1.165) is 25.8 Å². The Morgan fingerprint density at radius 3 is 2.75 bits per heavy atom. The van der Waals surface area contributed by atoms with Gasteiger partial charge in [0.05, 0.1) is 13.5 Å². The van der Waals surface area contributed by atoms with E-state index >= 15 is 0 Å². The summed E-state index contributed by atoms with van der Waals surface area (Å²) in [4.78, 5) is 11.1. The zero-order chi connectivity index (χ0) is 14.8. The molecule has 1 N–H and O–H groups in total. The first-order valence-electron chi connectivity index (χ1n) is 6.99. The summed E-state index contributed by atoms with van der Waals surface area (Å²) in [5.74, 6) is -0.396. The van der Waals surface area contributed by atoms with E-state index < -0.39 is 16.2 Å². The third-order valence-electron chi connectivity index (χ3n) is 4.11. The highest BCUT2D eigenvalue weighted by Crippen LogP contribution is 2.31. The van der Waals surface area contributed by atoms with E-state index in [1.807, 2.05) is 0 Å². The van der Waals surface area contributed by atoms with Gasteiger partial charge in [0.25, 0.3) is 10.2 Å². The number of ether oxygens (including phenoxy) is 1. The lowest BCUT2D eigenvalue weighted by molar-refractivity contribution is -0.140. The number of hydrogen-bond acceptors (Lipinski definition) is 5. The third kappa shape index (κ3) is 3.13. The molecule has 2 aliphatic heterocycles. The van der Waals surface area contributed by atoms with E-state index in [0.29, 0.717) is 6.54 Å². The van der Waals surface area contributed by atoms with Gasteiger partial charge < -0.3 is 10.1 Å². The Morgan fingerprint density at radius 1 is 1.35 bits per heavy atom. The first-order chi connectivity index (χ1) is 9.46. The minimum Gasteiger partial charge on any atom is -0.469 e. The summed E-state index contributed by atoms with van der Waals surface area (Å²) in [5, 5.41) is 3.28. The number of nitrogens with zero attached hydrogens (tertiary/aromatic N) is 2. The number of carbonyl (C=O) groups is 1. The van der Waals surface area contributed by atoms with Crippen LogP contribution in [0, 0.1) is 0 Å². The van der Waals surface area contributed by atoms with Gasteiger partial charge in [-0.25, -0.2) is 0 Å². The Labute approximate surface area is 120 Å². The first-order valence-corrected chi connectivity index (χ1v) is 8.39. The van der Waals surface area contributed by atoms with E-state index in [1.165, 1.54) is 18.5 Å². The number of methoxy groups -OCH3 is 1. The van der Waals surface area contributed by atoms with Crippen molar-refractivity contribution in [1.82, 2.24) is 13.9 Å². The van der Waals surface area contributed by atoms with Crippen LogP contribution in [0.4, 0.5) is 0 Å². The standard InChI is InChI=1S/C12H23N3O4S/c1-14(8-6-12(16)19-2)20(17,18)15-10-3-4-11(15)9-13-7-5-10/h10-11,13H,3-9H2,1-2H3. The number of fused-ring (bicyclic) bond motifs is 2. The molecule has 0 aromatic carbocycles. The fraction of sp³-hybridized carbons (Fsp3) is 0.917. The minimum absolute atomic E-state index is 0.0353. The number of carbonyl (C=O) groups excluding carboxylic acids is 1. The van der Waals surface area contributed by atoms with Crippen molar-refractivity contribution in [3.63, 3.8) is 0 Å². The Hall–Kier alpha value is -0.700. The van der Waals surface area contributed by atoms with Gasteiger partial charge >= 0.3 is 5.97 Å². The zero-order valence-electron chi connectivity index (χ0n) is 12.0. The largest absolute Gasteiger partial charge is 0.469 e. The van der Waals surface area contributed by atoms with Crippen molar-refractivity contribution < 1.29 is 17.9 Å². The molecule has 116 valence electrons. The molecule has 0 amide bonds. The van der Waals surface area contributed by atoms with E-state index in [2.05, 4.69) is 10.1 Å². The molecule has 2 aliphatic rings. The van der Waals surface area contributed by atoms with Crippen LogP contribution in [0.1, 0.15) is 25.7 Å². The van der Waals surface area contributed by atoms with Crippen molar-refractivity contribution in [3.05, 3.63) is 0 Å². The molecule has 0 aliphatic carbocycles. The molecule has 20 heavy (non-hydrogen) atoms. The highest BCUT2D eigenvalue weighted by atomic mass is 32.2. The second kappa shape index (κ2) is 6.38. The molecule has 0 saturated carbocycles. The smallest absolute Gasteiger partial charge is 0.306 e. The maximum atomic E-state index is 12.7. The molecule has 2 rings (SSSR count). The van der Waals surface area contributed by atoms with Gasteiger partial charge in [-0.05, 0) is 25.8 Å². The maximum absolute atomic E-state index is 12.7. The van der Waals surface area contributed by atoms with Gasteiger partial charge in [-0.2, -0.15) is 17.0 Å². The lowest BCUT2D eigenvalue weighted by atomic mass is 10.1. The van der Waals surface area contributed by atoms with E-state index in [1.54, 1.807) is 4.31 Å². The van der Waals surface area contributed by atoms with Crippen molar-refractivity contribution in [2.45, 2.75) is 37.8 Å². The van der Waals surface area contributed by atoms with Crippen LogP contribution in [0.5, 0.6) is 0 Å². The molecule has 2 fully saturated rings. The lowest BCUT2D eigenvalue weighted by Crippen LogP contribution is -2.49. The molecular weight excluding hydrogens is 282 g/mol. The molecule has 2 atom stereocenters. The van der Waals surface area contributed by atoms with Crippen LogP contribution in [0.3, 0.4) is 0 Å². The van der Waals surface area contributed by atoms with Gasteiger partial charge in [-0.1, -0.05) is 0 Å². The van der Waals surface area contributed by atoms with Gasteiger partial charge in [0.15, 0.2) is 0 Å². The van der Waals surface area contributed by atoms with Crippen LogP contribution < -0.4 is 5.32 Å². The molecular formula is C12H23N3O4S. The van der Waals surface area contributed by atoms with Gasteiger partial charge in [0, 0.05) is 32.2 Å². The van der Waals surface area contributed by atoms with Gasteiger partial charge in [0.1, 0.15) is 0 Å². The number of hydrogen-bond donors (Lipinski definition) is 1. The molecule has 0 spiro atoms. The molecule has 8 heteroatoms. The molecule has 0 radical (unpaired) electrons. The van der Waals surface area contributed by atoms with Crippen LogP contribution in [0.15, 0.2) is 0 Å². The minimum atomic E-state index is -3.51. The summed E-state index contributed by atoms with van der Waals surface area (Å²) in [6.07, 6.45) is 2.76. The summed E-state index contributed by atoms with van der Waals surface area (Å²) in [5.41, 5.74) is 0. The van der Waals surface area contributed by atoms with Crippen molar-refractivity contribution in [2.75, 3.05) is 33.8 Å². The predicted molar refractivity (Wildman–Crippen MR) is 74.3 cm³/mol. The maximum Gasteiger partial charge on any atom is 0.306 e. The average molecular weight is 305 g/mol. The second-order valence-electron chi connectivity index (χ2n) is 5.36. The van der Waals surface area contributed by atoms with Crippen molar-refractivity contribution in [1.29, 1.82) is 0 Å². The molecule has 2 heterocycles. The molecule has 2 saturated heterocycles. The number of nitrogens with one attached hydrogen (secondary N) is 1. The predicted octanol–water partition coefficient (Wildman–Crippen LogP) is -0.448. The second-order valence-corrected chi connectivity index (χ2v) is 7.30. The Balaban J connectivity index is 2.07. The molecule has 2 bridgehead atoms. The van der Waals surface area contributed by atoms with Crippen LogP contribution in [-0.4, -0.2) is 68.9 Å². The molecule has 2 unspecified atom stereocenters. The van der Waals surface area contributed by atoms with Gasteiger partial charge in [0.2, 0.25) is 0 Å². The van der Waals surface area contributed by atoms with Crippen LogP contribution in [0.25, 0.3) is 0 Å². The summed E-state index contributed by atoms with van der Waals surface area (Å²) < 4.78 is 32.8. The van der Waals surface area contributed by atoms with Crippen LogP contribution in [-0.2, 0) is 19.7 Å². The molecule has 0 aromatic heterocycles. The van der Waals surface area contributed by atoms with Crippen molar-refractivity contribution >= 4 is 16.2 Å². The quantitative estimate of drug-likeness (QED) is 0.696. The van der Waals surface area contributed by atoms with Gasteiger partial charge in [-0.3, -0.25) is 4.79 Å². The van der Waals surface area contributed by atoms with E-state index in [4.69, 9.17) is 0 Å². The lowest BCUT2D eigenvalue weighted by Gasteiger charge is -2.31. The normalized spacial score (nSPS) is 27.6. The number of esters is 1. The highest BCUT2D eigenvalue weighted by Gasteiger charge is 2.43. The van der Waals surface area contributed by atoms with Crippen molar-refractivity contribution in [3.8, 4) is 0 Å². The van der Waals surface area contributed by atoms with Crippen molar-refractivity contribution in [2.24, 2.45) is 0 Å². The summed E-state index contributed by atoms with van der Waals surface area (Å²) in [6.45, 7) is 1.72. The topological polar surface area (TPSA) is 79.0 Å². The Kier molecular flexibility index (Phi) is 5.00. The zero-order valence-corrected chi connectivity index (χ0v) is 12.9.